The predicted octanol–water partition coefficient (Wildman–Crippen LogP) is 3.89. The minimum Gasteiger partial charge on any atom is -0.307 e. The molecule has 0 spiro atoms. The lowest BCUT2D eigenvalue weighted by Gasteiger charge is -2.06. The van der Waals surface area contributed by atoms with Crippen LogP contribution in [0, 0.1) is 5.82 Å². The normalized spacial score (nSPS) is 10.2. The fourth-order valence-electron chi connectivity index (χ4n) is 1.31. The summed E-state index contributed by atoms with van der Waals surface area (Å²) in [5.41, 5.74) is 0.201. The molecule has 0 radical (unpaired) electrons. The summed E-state index contributed by atoms with van der Waals surface area (Å²) in [7, 11) is 0. The van der Waals surface area contributed by atoms with Crippen LogP contribution in [0.2, 0.25) is 5.02 Å². The molecular formula is C12H7BrClFN2O. The van der Waals surface area contributed by atoms with Crippen molar-refractivity contribution < 1.29 is 9.18 Å². The quantitative estimate of drug-likeness (QED) is 0.908. The van der Waals surface area contributed by atoms with Crippen LogP contribution in [-0.4, -0.2) is 10.9 Å². The van der Waals surface area contributed by atoms with Crippen molar-refractivity contribution in [3.05, 3.63) is 57.4 Å². The van der Waals surface area contributed by atoms with Gasteiger partial charge in [0.15, 0.2) is 0 Å². The Bertz CT molecular complexity index is 589. The fourth-order valence-corrected chi connectivity index (χ4v) is 1.87. The summed E-state index contributed by atoms with van der Waals surface area (Å²) >= 11 is 8.71. The Morgan fingerprint density at radius 2 is 2.11 bits per heavy atom. The third-order valence-electron chi connectivity index (χ3n) is 2.17. The number of hydrogen-bond donors (Lipinski definition) is 1. The van der Waals surface area contributed by atoms with Gasteiger partial charge in [-0.15, -0.1) is 0 Å². The minimum absolute atomic E-state index is 0.122. The Balaban J connectivity index is 2.22. The highest BCUT2D eigenvalue weighted by Gasteiger charge is 2.13. The van der Waals surface area contributed by atoms with Crippen molar-refractivity contribution in [1.29, 1.82) is 0 Å². The van der Waals surface area contributed by atoms with E-state index in [9.17, 15) is 9.18 Å². The molecule has 3 nitrogen and oxygen atoms in total. The van der Waals surface area contributed by atoms with E-state index in [1.54, 1.807) is 12.1 Å². The second-order valence-corrected chi connectivity index (χ2v) is 4.65. The van der Waals surface area contributed by atoms with Crippen LogP contribution in [0.4, 0.5) is 10.2 Å². The van der Waals surface area contributed by atoms with E-state index in [-0.39, 0.29) is 10.0 Å². The van der Waals surface area contributed by atoms with E-state index in [0.29, 0.717) is 10.8 Å². The van der Waals surface area contributed by atoms with Gasteiger partial charge in [-0.05, 0) is 40.2 Å². The largest absolute Gasteiger partial charge is 0.307 e. The number of benzene rings is 1. The van der Waals surface area contributed by atoms with Crippen molar-refractivity contribution in [1.82, 2.24) is 4.98 Å². The van der Waals surface area contributed by atoms with Crippen LogP contribution in [0.15, 0.2) is 41.0 Å². The second-order valence-electron chi connectivity index (χ2n) is 3.42. The van der Waals surface area contributed by atoms with Gasteiger partial charge in [0.25, 0.3) is 5.91 Å². The highest BCUT2D eigenvalue weighted by molar-refractivity contribution is 9.10. The molecule has 1 aromatic carbocycles. The van der Waals surface area contributed by atoms with Gasteiger partial charge in [0.1, 0.15) is 11.6 Å². The number of pyridine rings is 1. The second kappa shape index (κ2) is 5.46. The maximum Gasteiger partial charge on any atom is 0.258 e. The van der Waals surface area contributed by atoms with Gasteiger partial charge in [0.2, 0.25) is 0 Å². The van der Waals surface area contributed by atoms with Crippen LogP contribution in [0.25, 0.3) is 0 Å². The molecule has 1 N–H and O–H groups in total. The molecule has 0 aliphatic heterocycles. The lowest BCUT2D eigenvalue weighted by atomic mass is 10.2. The zero-order valence-electron chi connectivity index (χ0n) is 8.95. The smallest absolute Gasteiger partial charge is 0.258 e. The van der Waals surface area contributed by atoms with Crippen LogP contribution in [-0.2, 0) is 0 Å². The lowest BCUT2D eigenvalue weighted by Crippen LogP contribution is -2.13. The summed E-state index contributed by atoms with van der Waals surface area (Å²) < 4.78 is 13.4. The molecule has 0 unspecified atom stereocenters. The van der Waals surface area contributed by atoms with Crippen molar-refractivity contribution in [2.45, 2.75) is 0 Å². The maximum absolute atomic E-state index is 13.3. The van der Waals surface area contributed by atoms with Crippen LogP contribution < -0.4 is 5.32 Å². The number of carbonyl (C=O) groups is 1. The minimum atomic E-state index is -0.494. The first-order valence-corrected chi connectivity index (χ1v) is 6.12. The number of nitrogens with zero attached hydrogens (tertiary/aromatic N) is 1. The number of carbonyl (C=O) groups excluding carboxylic acids is 1. The monoisotopic (exact) mass is 328 g/mol. The SMILES string of the molecule is O=C(Nc1ccc(Cl)cn1)c1cccc(F)c1Br. The molecule has 0 aliphatic rings. The summed E-state index contributed by atoms with van der Waals surface area (Å²) in [6, 6.07) is 7.41. The average molecular weight is 330 g/mol. The first kappa shape index (κ1) is 13.0. The molecular weight excluding hydrogens is 322 g/mol. The molecule has 2 aromatic rings. The molecule has 92 valence electrons. The number of amides is 1. The zero-order chi connectivity index (χ0) is 13.1. The highest BCUT2D eigenvalue weighted by atomic mass is 79.9. The standard InChI is InChI=1S/C12H7BrClFN2O/c13-11-8(2-1-3-9(11)15)12(18)17-10-5-4-7(14)6-16-10/h1-6H,(H,16,17,18). The Labute approximate surface area is 116 Å². The molecule has 0 saturated heterocycles. The third-order valence-corrected chi connectivity index (χ3v) is 3.19. The maximum atomic E-state index is 13.3. The molecule has 0 fully saturated rings. The molecule has 0 bridgehead atoms. The van der Waals surface area contributed by atoms with Crippen molar-refractivity contribution in [2.75, 3.05) is 5.32 Å². The summed E-state index contributed by atoms with van der Waals surface area (Å²) in [5.74, 6) is -0.594. The van der Waals surface area contributed by atoms with Gasteiger partial charge < -0.3 is 5.32 Å². The van der Waals surface area contributed by atoms with Crippen molar-refractivity contribution in [3.8, 4) is 0 Å². The van der Waals surface area contributed by atoms with Gasteiger partial charge in [-0.2, -0.15) is 0 Å². The number of aromatic nitrogens is 1. The van der Waals surface area contributed by atoms with E-state index < -0.39 is 11.7 Å². The van der Waals surface area contributed by atoms with Gasteiger partial charge in [0.05, 0.1) is 15.1 Å². The van der Waals surface area contributed by atoms with E-state index in [1.807, 2.05) is 0 Å². The molecule has 0 atom stereocenters. The highest BCUT2D eigenvalue weighted by Crippen LogP contribution is 2.21. The summed E-state index contributed by atoms with van der Waals surface area (Å²) in [4.78, 5) is 15.8. The van der Waals surface area contributed by atoms with Crippen LogP contribution in [0.3, 0.4) is 0 Å². The molecule has 6 heteroatoms. The molecule has 2 rings (SSSR count). The molecule has 18 heavy (non-hydrogen) atoms. The Hall–Kier alpha value is -1.46. The van der Waals surface area contributed by atoms with Crippen LogP contribution in [0.1, 0.15) is 10.4 Å². The van der Waals surface area contributed by atoms with Crippen molar-refractivity contribution in [3.63, 3.8) is 0 Å². The summed E-state index contributed by atoms with van der Waals surface area (Å²) in [5, 5.41) is 3.02. The van der Waals surface area contributed by atoms with Crippen LogP contribution in [0.5, 0.6) is 0 Å². The number of nitrogens with one attached hydrogen (secondary N) is 1. The van der Waals surface area contributed by atoms with Gasteiger partial charge in [0, 0.05) is 6.20 Å². The summed E-state index contributed by atoms with van der Waals surface area (Å²) in [6.45, 7) is 0. The molecule has 1 heterocycles. The van der Waals surface area contributed by atoms with E-state index in [2.05, 4.69) is 26.2 Å². The molecule has 1 aromatic heterocycles. The first-order chi connectivity index (χ1) is 8.58. The number of rotatable bonds is 2. The van der Waals surface area contributed by atoms with Crippen molar-refractivity contribution >= 4 is 39.3 Å². The third kappa shape index (κ3) is 2.86. The predicted molar refractivity (Wildman–Crippen MR) is 71.3 cm³/mol. The van der Waals surface area contributed by atoms with E-state index >= 15 is 0 Å². The topological polar surface area (TPSA) is 42.0 Å². The van der Waals surface area contributed by atoms with E-state index in [1.165, 1.54) is 24.4 Å². The number of hydrogen-bond acceptors (Lipinski definition) is 2. The van der Waals surface area contributed by atoms with Gasteiger partial charge >= 0.3 is 0 Å². The average Bonchev–Trinajstić information content (AvgIpc) is 2.35. The van der Waals surface area contributed by atoms with Crippen LogP contribution >= 0.6 is 27.5 Å². The fraction of sp³-hybridized carbons (Fsp3) is 0. The number of halogens is 3. The zero-order valence-corrected chi connectivity index (χ0v) is 11.3. The number of anilines is 1. The van der Waals surface area contributed by atoms with Crippen molar-refractivity contribution in [2.24, 2.45) is 0 Å². The Kier molecular flexibility index (Phi) is 3.93. The molecule has 0 saturated carbocycles. The lowest BCUT2D eigenvalue weighted by molar-refractivity contribution is 0.102. The Morgan fingerprint density at radius 1 is 1.33 bits per heavy atom. The van der Waals surface area contributed by atoms with Gasteiger partial charge in [-0.1, -0.05) is 17.7 Å². The summed E-state index contributed by atoms with van der Waals surface area (Å²) in [6.07, 6.45) is 1.41. The first-order valence-electron chi connectivity index (χ1n) is 4.95. The van der Waals surface area contributed by atoms with Gasteiger partial charge in [-0.3, -0.25) is 4.79 Å². The van der Waals surface area contributed by atoms with E-state index in [0.717, 1.165) is 0 Å². The molecule has 0 aliphatic carbocycles. The van der Waals surface area contributed by atoms with E-state index in [4.69, 9.17) is 11.6 Å². The Morgan fingerprint density at radius 3 is 2.78 bits per heavy atom. The van der Waals surface area contributed by atoms with Gasteiger partial charge in [-0.25, -0.2) is 9.37 Å². The molecule has 1 amide bonds.